The van der Waals surface area contributed by atoms with E-state index < -0.39 is 0 Å². The Morgan fingerprint density at radius 3 is 2.70 bits per heavy atom. The highest BCUT2D eigenvalue weighted by Crippen LogP contribution is 2.25. The summed E-state index contributed by atoms with van der Waals surface area (Å²) in [6, 6.07) is 0.296. The van der Waals surface area contributed by atoms with E-state index in [0.29, 0.717) is 12.6 Å². The Hall–Kier alpha value is -0.430. The first-order valence-corrected chi connectivity index (χ1v) is 8.06. The van der Waals surface area contributed by atoms with Crippen molar-refractivity contribution in [1.29, 1.82) is 0 Å². The van der Waals surface area contributed by atoms with E-state index in [-0.39, 0.29) is 0 Å². The van der Waals surface area contributed by atoms with Gasteiger partial charge in [-0.3, -0.25) is 4.68 Å². The SMILES string of the molecule is CCN(CC)CCC(NC)c1c(Br)cnn1CCOC. The molecule has 0 aliphatic heterocycles. The summed E-state index contributed by atoms with van der Waals surface area (Å²) in [5.74, 6) is 0. The molecule has 0 bridgehead atoms. The number of nitrogens with one attached hydrogen (secondary N) is 1. The van der Waals surface area contributed by atoms with Crippen LogP contribution >= 0.6 is 15.9 Å². The van der Waals surface area contributed by atoms with E-state index >= 15 is 0 Å². The number of halogens is 1. The Morgan fingerprint density at radius 1 is 1.45 bits per heavy atom. The predicted molar refractivity (Wildman–Crippen MR) is 86.0 cm³/mol. The molecule has 0 saturated carbocycles. The summed E-state index contributed by atoms with van der Waals surface area (Å²) in [4.78, 5) is 2.44. The number of hydrogen-bond donors (Lipinski definition) is 1. The maximum atomic E-state index is 5.15. The number of rotatable bonds is 10. The van der Waals surface area contributed by atoms with Crippen LogP contribution in [0.1, 0.15) is 32.0 Å². The van der Waals surface area contributed by atoms with E-state index in [9.17, 15) is 0 Å². The van der Waals surface area contributed by atoms with Crippen molar-refractivity contribution in [2.24, 2.45) is 0 Å². The fraction of sp³-hybridized carbons (Fsp3) is 0.786. The molecule has 0 fully saturated rings. The van der Waals surface area contributed by atoms with Crippen molar-refractivity contribution in [2.45, 2.75) is 32.9 Å². The minimum absolute atomic E-state index is 0.296. The minimum Gasteiger partial charge on any atom is -0.383 e. The fourth-order valence-corrected chi connectivity index (χ4v) is 2.92. The smallest absolute Gasteiger partial charge is 0.0697 e. The summed E-state index contributed by atoms with van der Waals surface area (Å²) in [5.41, 5.74) is 1.21. The summed E-state index contributed by atoms with van der Waals surface area (Å²) in [7, 11) is 3.72. The summed E-state index contributed by atoms with van der Waals surface area (Å²) < 4.78 is 8.24. The van der Waals surface area contributed by atoms with Crippen molar-refractivity contribution in [2.75, 3.05) is 40.4 Å². The fourth-order valence-electron chi connectivity index (χ4n) is 2.34. The number of nitrogens with zero attached hydrogens (tertiary/aromatic N) is 3. The molecule has 20 heavy (non-hydrogen) atoms. The third-order valence-corrected chi connectivity index (χ3v) is 4.26. The molecule has 116 valence electrons. The van der Waals surface area contributed by atoms with Gasteiger partial charge >= 0.3 is 0 Å². The molecule has 1 unspecified atom stereocenters. The van der Waals surface area contributed by atoms with Crippen molar-refractivity contribution in [3.05, 3.63) is 16.4 Å². The van der Waals surface area contributed by atoms with Gasteiger partial charge in [0, 0.05) is 7.11 Å². The summed E-state index contributed by atoms with van der Waals surface area (Å²) in [5, 5.41) is 7.83. The second kappa shape index (κ2) is 9.50. The van der Waals surface area contributed by atoms with Gasteiger partial charge in [0.05, 0.1) is 35.6 Å². The van der Waals surface area contributed by atoms with Gasteiger partial charge in [0.1, 0.15) is 0 Å². The zero-order valence-electron chi connectivity index (χ0n) is 13.0. The lowest BCUT2D eigenvalue weighted by Crippen LogP contribution is -2.29. The van der Waals surface area contributed by atoms with E-state index in [1.807, 2.05) is 17.9 Å². The van der Waals surface area contributed by atoms with Gasteiger partial charge in [-0.05, 0) is 49.0 Å². The second-order valence-electron chi connectivity index (χ2n) is 4.75. The van der Waals surface area contributed by atoms with Gasteiger partial charge in [-0.1, -0.05) is 13.8 Å². The number of aromatic nitrogens is 2. The molecule has 0 radical (unpaired) electrons. The molecule has 1 N–H and O–H groups in total. The lowest BCUT2D eigenvalue weighted by molar-refractivity contribution is 0.181. The molecule has 1 aromatic rings. The van der Waals surface area contributed by atoms with Crippen LogP contribution in [-0.4, -0.2) is 55.1 Å². The Morgan fingerprint density at radius 2 is 2.15 bits per heavy atom. The van der Waals surface area contributed by atoms with Gasteiger partial charge in [0.15, 0.2) is 0 Å². The molecule has 0 aromatic carbocycles. The van der Waals surface area contributed by atoms with E-state index in [1.165, 1.54) is 5.69 Å². The molecule has 0 saturated heterocycles. The average molecular weight is 347 g/mol. The third kappa shape index (κ3) is 4.84. The quantitative estimate of drug-likeness (QED) is 0.705. The first-order chi connectivity index (χ1) is 9.67. The lowest BCUT2D eigenvalue weighted by Gasteiger charge is -2.23. The van der Waals surface area contributed by atoms with Crippen LogP contribution in [0.5, 0.6) is 0 Å². The Labute approximate surface area is 130 Å². The molecule has 1 atom stereocenters. The molecule has 0 aliphatic carbocycles. The maximum Gasteiger partial charge on any atom is 0.0697 e. The van der Waals surface area contributed by atoms with Crippen LogP contribution in [-0.2, 0) is 11.3 Å². The van der Waals surface area contributed by atoms with Crippen LogP contribution < -0.4 is 5.32 Å². The van der Waals surface area contributed by atoms with Gasteiger partial charge in [0.2, 0.25) is 0 Å². The molecule has 6 heteroatoms. The largest absolute Gasteiger partial charge is 0.383 e. The van der Waals surface area contributed by atoms with Gasteiger partial charge in [-0.2, -0.15) is 5.10 Å². The standard InChI is InChI=1S/C14H27BrN4O/c1-5-18(6-2)8-7-13(16-3)14-12(15)11-17-19(14)9-10-20-4/h11,13,16H,5-10H2,1-4H3. The van der Waals surface area contributed by atoms with Crippen molar-refractivity contribution in [3.63, 3.8) is 0 Å². The molecule has 0 spiro atoms. The normalized spacial score (nSPS) is 13.1. The molecular weight excluding hydrogens is 320 g/mol. The Balaban J connectivity index is 2.75. The molecule has 1 heterocycles. The molecule has 0 aliphatic rings. The van der Waals surface area contributed by atoms with Crippen LogP contribution in [0, 0.1) is 0 Å². The summed E-state index contributed by atoms with van der Waals surface area (Å²) >= 11 is 3.61. The first-order valence-electron chi connectivity index (χ1n) is 7.27. The first kappa shape index (κ1) is 17.6. The highest BCUT2D eigenvalue weighted by molar-refractivity contribution is 9.10. The summed E-state index contributed by atoms with van der Waals surface area (Å²) in [6.45, 7) is 9.14. The Bertz CT molecular complexity index is 379. The number of methoxy groups -OCH3 is 1. The zero-order valence-corrected chi connectivity index (χ0v) is 14.6. The van der Waals surface area contributed by atoms with Crippen LogP contribution in [0.4, 0.5) is 0 Å². The molecule has 5 nitrogen and oxygen atoms in total. The van der Waals surface area contributed by atoms with Crippen molar-refractivity contribution >= 4 is 15.9 Å². The van der Waals surface area contributed by atoms with Crippen molar-refractivity contribution in [1.82, 2.24) is 20.0 Å². The number of hydrogen-bond acceptors (Lipinski definition) is 4. The minimum atomic E-state index is 0.296. The monoisotopic (exact) mass is 346 g/mol. The highest BCUT2D eigenvalue weighted by Gasteiger charge is 2.19. The average Bonchev–Trinajstić information content (AvgIpc) is 2.83. The Kier molecular flexibility index (Phi) is 8.37. The topological polar surface area (TPSA) is 42.3 Å². The predicted octanol–water partition coefficient (Wildman–Crippen LogP) is 2.28. The number of ether oxygens (including phenoxy) is 1. The molecule has 1 aromatic heterocycles. The molecule has 1 rings (SSSR count). The molecule has 0 amide bonds. The van der Waals surface area contributed by atoms with Gasteiger partial charge in [-0.15, -0.1) is 0 Å². The van der Waals surface area contributed by atoms with Gasteiger partial charge in [-0.25, -0.2) is 0 Å². The second-order valence-corrected chi connectivity index (χ2v) is 5.60. The maximum absolute atomic E-state index is 5.15. The van der Waals surface area contributed by atoms with Gasteiger partial charge < -0.3 is 15.0 Å². The van der Waals surface area contributed by atoms with Crippen LogP contribution in [0.25, 0.3) is 0 Å². The van der Waals surface area contributed by atoms with Crippen LogP contribution in [0.2, 0.25) is 0 Å². The summed E-state index contributed by atoms with van der Waals surface area (Å²) in [6.07, 6.45) is 2.93. The van der Waals surface area contributed by atoms with Crippen molar-refractivity contribution < 1.29 is 4.74 Å². The van der Waals surface area contributed by atoms with E-state index in [4.69, 9.17) is 4.74 Å². The molecular formula is C14H27BrN4O. The van der Waals surface area contributed by atoms with E-state index in [0.717, 1.165) is 37.1 Å². The third-order valence-electron chi connectivity index (χ3n) is 3.65. The van der Waals surface area contributed by atoms with Crippen molar-refractivity contribution in [3.8, 4) is 0 Å². The van der Waals surface area contributed by atoms with Crippen LogP contribution in [0.15, 0.2) is 10.7 Å². The van der Waals surface area contributed by atoms with E-state index in [2.05, 4.69) is 45.1 Å². The van der Waals surface area contributed by atoms with E-state index in [1.54, 1.807) is 7.11 Å². The lowest BCUT2D eigenvalue weighted by atomic mass is 10.1. The van der Waals surface area contributed by atoms with Crippen LogP contribution in [0.3, 0.4) is 0 Å². The zero-order chi connectivity index (χ0) is 15.0. The highest BCUT2D eigenvalue weighted by atomic mass is 79.9. The van der Waals surface area contributed by atoms with Gasteiger partial charge in [0.25, 0.3) is 0 Å².